The Morgan fingerprint density at radius 3 is 2.14 bits per heavy atom. The topological polar surface area (TPSA) is 27.0 Å². The van der Waals surface area contributed by atoms with Crippen LogP contribution in [0.15, 0.2) is 54.6 Å². The normalized spacial score (nSPS) is 17.5. The van der Waals surface area contributed by atoms with E-state index in [1.54, 1.807) is 6.07 Å². The first-order valence-electron chi connectivity index (χ1n) is 10.5. The van der Waals surface area contributed by atoms with Gasteiger partial charge in [-0.05, 0) is 61.9 Å². The van der Waals surface area contributed by atoms with Crippen molar-refractivity contribution in [3.8, 4) is 6.07 Å². The summed E-state index contributed by atoms with van der Waals surface area (Å²) in [6, 6.07) is 21.7. The molecule has 3 rings (SSSR count). The lowest BCUT2D eigenvalue weighted by molar-refractivity contribution is 0.274. The summed E-state index contributed by atoms with van der Waals surface area (Å²) in [6.07, 6.45) is 5.92. The van der Waals surface area contributed by atoms with E-state index < -0.39 is 0 Å². The van der Waals surface area contributed by atoms with Gasteiger partial charge in [-0.25, -0.2) is 0 Å². The number of nitrogens with zero attached hydrogens (tertiary/aromatic N) is 2. The smallest absolute Gasteiger partial charge is 0.0587 e. The first-order valence-corrected chi connectivity index (χ1v) is 10.9. The molecule has 1 fully saturated rings. The molecule has 28 heavy (non-hydrogen) atoms. The van der Waals surface area contributed by atoms with Crippen molar-refractivity contribution in [1.82, 2.24) is 4.90 Å². The average Bonchev–Trinajstić information content (AvgIpc) is 3.45. The molecule has 150 valence electrons. The number of nitriles is 1. The zero-order valence-corrected chi connectivity index (χ0v) is 18.0. The maximum absolute atomic E-state index is 7.32. The van der Waals surface area contributed by atoms with Gasteiger partial charge >= 0.3 is 0 Å². The second kappa shape index (κ2) is 12.6. The van der Waals surface area contributed by atoms with Gasteiger partial charge in [-0.2, -0.15) is 5.26 Å². The summed E-state index contributed by atoms with van der Waals surface area (Å²) in [5.41, 5.74) is 4.31. The Bertz CT molecular complexity index is 706. The summed E-state index contributed by atoms with van der Waals surface area (Å²) < 4.78 is 0. The summed E-state index contributed by atoms with van der Waals surface area (Å²) in [5.74, 6) is 0.605. The summed E-state index contributed by atoms with van der Waals surface area (Å²) >= 11 is 6.14. The van der Waals surface area contributed by atoms with Crippen LogP contribution in [-0.4, -0.2) is 29.9 Å². The van der Waals surface area contributed by atoms with Crippen molar-refractivity contribution >= 4 is 11.6 Å². The second-order valence-corrected chi connectivity index (χ2v) is 8.06. The van der Waals surface area contributed by atoms with E-state index in [0.717, 1.165) is 19.4 Å². The van der Waals surface area contributed by atoms with Crippen molar-refractivity contribution < 1.29 is 0 Å². The molecule has 2 nitrogen and oxygen atoms in total. The number of hydrogen-bond donors (Lipinski definition) is 0. The molecule has 0 N–H and O–H groups in total. The summed E-state index contributed by atoms with van der Waals surface area (Å²) in [6.45, 7) is 7.26. The van der Waals surface area contributed by atoms with E-state index in [1.807, 2.05) is 0 Å². The predicted octanol–water partition coefficient (Wildman–Crippen LogP) is 6.20. The largest absolute Gasteiger partial charge is 0.303 e. The fourth-order valence-electron chi connectivity index (χ4n) is 3.53. The molecular formula is C25H33ClN2. The Balaban J connectivity index is 0.000000878. The Morgan fingerprint density at radius 2 is 1.57 bits per heavy atom. The first-order chi connectivity index (χ1) is 13.7. The lowest BCUT2D eigenvalue weighted by Gasteiger charge is -2.21. The van der Waals surface area contributed by atoms with Gasteiger partial charge in [0.05, 0.1) is 6.07 Å². The van der Waals surface area contributed by atoms with E-state index in [-0.39, 0.29) is 0 Å². The van der Waals surface area contributed by atoms with Crippen molar-refractivity contribution in [3.63, 3.8) is 0 Å². The molecular weight excluding hydrogens is 364 g/mol. The van der Waals surface area contributed by atoms with Crippen LogP contribution >= 0.6 is 11.6 Å². The van der Waals surface area contributed by atoms with Gasteiger partial charge in [0.25, 0.3) is 0 Å². The maximum Gasteiger partial charge on any atom is 0.0587 e. The fourth-order valence-corrected chi connectivity index (χ4v) is 3.87. The minimum Gasteiger partial charge on any atom is -0.303 e. The zero-order chi connectivity index (χ0) is 20.2. The molecule has 2 unspecified atom stereocenters. The molecule has 0 amide bonds. The number of rotatable bonds is 10. The Labute approximate surface area is 176 Å². The quantitative estimate of drug-likeness (QED) is 0.447. The molecule has 1 saturated carbocycles. The maximum atomic E-state index is 7.32. The van der Waals surface area contributed by atoms with Crippen LogP contribution in [-0.2, 0) is 12.8 Å². The van der Waals surface area contributed by atoms with Crippen LogP contribution in [0.2, 0.25) is 0 Å². The van der Waals surface area contributed by atoms with Gasteiger partial charge < -0.3 is 4.90 Å². The molecule has 0 heterocycles. The number of aryl methyl sites for hydroxylation is 1. The van der Waals surface area contributed by atoms with Crippen LogP contribution in [0.5, 0.6) is 0 Å². The minimum absolute atomic E-state index is 0.373. The molecule has 3 heteroatoms. The molecule has 2 aromatic rings. The standard InChI is InChI=1S/C23H30ClN.C2H3N/c1-2-15-25(17-14-19-7-4-3-5-8-19)16-6-9-20-10-12-21(13-11-20)22-18-23(22)24;1-2-3/h3-5,7-8,10-13,22-23H,2,6,9,14-18H2,1H3;1H3. The van der Waals surface area contributed by atoms with E-state index in [9.17, 15) is 0 Å². The molecule has 0 aromatic heterocycles. The highest BCUT2D eigenvalue weighted by Gasteiger charge is 2.36. The van der Waals surface area contributed by atoms with Crippen LogP contribution in [0.4, 0.5) is 0 Å². The van der Waals surface area contributed by atoms with E-state index in [2.05, 4.69) is 66.4 Å². The van der Waals surface area contributed by atoms with Crippen molar-refractivity contribution in [2.75, 3.05) is 19.6 Å². The first kappa shape index (κ1) is 22.5. The van der Waals surface area contributed by atoms with Crippen LogP contribution in [0.1, 0.15) is 55.7 Å². The number of benzene rings is 2. The van der Waals surface area contributed by atoms with Crippen molar-refractivity contribution in [2.45, 2.75) is 57.2 Å². The highest BCUT2D eigenvalue weighted by molar-refractivity contribution is 6.23. The Hall–Kier alpha value is -1.82. The predicted molar refractivity (Wildman–Crippen MR) is 120 cm³/mol. The molecule has 0 spiro atoms. The van der Waals surface area contributed by atoms with Crippen molar-refractivity contribution in [2.24, 2.45) is 0 Å². The number of halogens is 1. The summed E-state index contributed by atoms with van der Waals surface area (Å²) in [4.78, 5) is 2.61. The molecule has 0 bridgehead atoms. The molecule has 2 atom stereocenters. The van der Waals surface area contributed by atoms with E-state index in [4.69, 9.17) is 16.9 Å². The van der Waals surface area contributed by atoms with Crippen molar-refractivity contribution in [1.29, 1.82) is 5.26 Å². The van der Waals surface area contributed by atoms with Gasteiger partial charge in [0.2, 0.25) is 0 Å². The third kappa shape index (κ3) is 8.05. The van der Waals surface area contributed by atoms with Gasteiger partial charge in [-0.1, -0.05) is 61.5 Å². The molecule has 1 aliphatic rings. The molecule has 1 aliphatic carbocycles. The van der Waals surface area contributed by atoms with Crippen LogP contribution < -0.4 is 0 Å². The summed E-state index contributed by atoms with van der Waals surface area (Å²) in [5, 5.41) is 7.69. The average molecular weight is 397 g/mol. The molecule has 0 aliphatic heterocycles. The minimum atomic E-state index is 0.373. The van der Waals surface area contributed by atoms with E-state index >= 15 is 0 Å². The lowest BCUT2D eigenvalue weighted by Crippen LogP contribution is -2.28. The third-order valence-corrected chi connectivity index (χ3v) is 5.64. The van der Waals surface area contributed by atoms with Gasteiger partial charge in [0, 0.05) is 24.8 Å². The Kier molecular flexibility index (Phi) is 10.1. The second-order valence-electron chi connectivity index (χ2n) is 7.50. The highest BCUT2D eigenvalue weighted by Crippen LogP contribution is 2.45. The van der Waals surface area contributed by atoms with Gasteiger partial charge in [-0.3, -0.25) is 0 Å². The van der Waals surface area contributed by atoms with Gasteiger partial charge in [0.15, 0.2) is 0 Å². The lowest BCUT2D eigenvalue weighted by atomic mass is 10.0. The summed E-state index contributed by atoms with van der Waals surface area (Å²) in [7, 11) is 0. The van der Waals surface area contributed by atoms with Gasteiger partial charge in [-0.15, -0.1) is 11.6 Å². The highest BCUT2D eigenvalue weighted by atomic mass is 35.5. The van der Waals surface area contributed by atoms with Crippen LogP contribution in [0.3, 0.4) is 0 Å². The van der Waals surface area contributed by atoms with Crippen LogP contribution in [0.25, 0.3) is 0 Å². The van der Waals surface area contributed by atoms with E-state index in [0.29, 0.717) is 11.3 Å². The SMILES string of the molecule is CC#N.CCCN(CCCc1ccc(C2CC2Cl)cc1)CCc1ccccc1. The molecule has 2 aromatic carbocycles. The van der Waals surface area contributed by atoms with Crippen LogP contribution in [0, 0.1) is 11.3 Å². The number of alkyl halides is 1. The number of hydrogen-bond acceptors (Lipinski definition) is 2. The fraction of sp³-hybridized carbons (Fsp3) is 0.480. The Morgan fingerprint density at radius 1 is 0.964 bits per heavy atom. The molecule has 0 saturated heterocycles. The third-order valence-electron chi connectivity index (χ3n) is 5.16. The zero-order valence-electron chi connectivity index (χ0n) is 17.3. The van der Waals surface area contributed by atoms with E-state index in [1.165, 1.54) is 56.0 Å². The monoisotopic (exact) mass is 396 g/mol. The van der Waals surface area contributed by atoms with Gasteiger partial charge in [0.1, 0.15) is 0 Å². The molecule has 0 radical (unpaired) electrons. The van der Waals surface area contributed by atoms with Crippen molar-refractivity contribution in [3.05, 3.63) is 71.3 Å².